The Bertz CT molecular complexity index is 1040. The molecular formula is C22H26N2O2S2. The van der Waals surface area contributed by atoms with Gasteiger partial charge in [-0.05, 0) is 41.5 Å². The van der Waals surface area contributed by atoms with E-state index in [4.69, 9.17) is 4.74 Å². The standard InChI is InChI=1S/C22H26N2O2S2/c1-22(2,3)16-8-6-15(7-9-16)20(25)23-21-24(12-13-27-5)18-14-17(26-4)10-11-19(18)28-21/h6-11,14H,12-13H2,1-5H3. The summed E-state index contributed by atoms with van der Waals surface area (Å²) in [6.45, 7) is 7.28. The normalized spacial score (nSPS) is 12.5. The number of nitrogens with zero attached hydrogens (tertiary/aromatic N) is 2. The molecule has 28 heavy (non-hydrogen) atoms. The molecule has 0 aliphatic carbocycles. The van der Waals surface area contributed by atoms with Crippen LogP contribution in [0.25, 0.3) is 10.2 Å². The Kier molecular flexibility index (Phi) is 6.30. The highest BCUT2D eigenvalue weighted by atomic mass is 32.2. The van der Waals surface area contributed by atoms with Gasteiger partial charge in [0.1, 0.15) is 5.75 Å². The number of aromatic nitrogens is 1. The van der Waals surface area contributed by atoms with Crippen molar-refractivity contribution in [2.75, 3.05) is 19.1 Å². The van der Waals surface area contributed by atoms with E-state index in [-0.39, 0.29) is 11.3 Å². The van der Waals surface area contributed by atoms with Gasteiger partial charge in [0.15, 0.2) is 4.80 Å². The second-order valence-corrected chi connectivity index (χ2v) is 9.60. The van der Waals surface area contributed by atoms with Crippen LogP contribution in [0.3, 0.4) is 0 Å². The number of carbonyl (C=O) groups is 1. The van der Waals surface area contributed by atoms with Crippen molar-refractivity contribution in [1.29, 1.82) is 0 Å². The number of hydrogen-bond acceptors (Lipinski definition) is 4. The lowest BCUT2D eigenvalue weighted by Crippen LogP contribution is -2.18. The molecule has 0 saturated heterocycles. The highest BCUT2D eigenvalue weighted by Crippen LogP contribution is 2.24. The maximum atomic E-state index is 12.8. The third-order valence-corrected chi connectivity index (χ3v) is 6.25. The zero-order valence-electron chi connectivity index (χ0n) is 17.0. The van der Waals surface area contributed by atoms with Gasteiger partial charge in [-0.2, -0.15) is 16.8 Å². The summed E-state index contributed by atoms with van der Waals surface area (Å²) < 4.78 is 8.57. The first kappa shape index (κ1) is 20.7. The Balaban J connectivity index is 2.03. The van der Waals surface area contributed by atoms with Gasteiger partial charge in [-0.15, -0.1) is 0 Å². The summed E-state index contributed by atoms with van der Waals surface area (Å²) in [4.78, 5) is 18.0. The van der Waals surface area contributed by atoms with E-state index >= 15 is 0 Å². The van der Waals surface area contributed by atoms with Crippen LogP contribution in [0.4, 0.5) is 0 Å². The summed E-state index contributed by atoms with van der Waals surface area (Å²) in [7, 11) is 1.66. The maximum absolute atomic E-state index is 12.8. The van der Waals surface area contributed by atoms with Crippen molar-refractivity contribution in [2.45, 2.75) is 32.7 Å². The van der Waals surface area contributed by atoms with E-state index < -0.39 is 0 Å². The van der Waals surface area contributed by atoms with E-state index in [0.29, 0.717) is 5.56 Å². The first-order valence-corrected chi connectivity index (χ1v) is 11.4. The van der Waals surface area contributed by atoms with Gasteiger partial charge < -0.3 is 9.30 Å². The van der Waals surface area contributed by atoms with Gasteiger partial charge >= 0.3 is 0 Å². The van der Waals surface area contributed by atoms with Crippen molar-refractivity contribution in [2.24, 2.45) is 4.99 Å². The highest BCUT2D eigenvalue weighted by Gasteiger charge is 2.15. The maximum Gasteiger partial charge on any atom is 0.279 e. The van der Waals surface area contributed by atoms with Gasteiger partial charge in [0.25, 0.3) is 5.91 Å². The Labute approximate surface area is 174 Å². The van der Waals surface area contributed by atoms with Crippen molar-refractivity contribution < 1.29 is 9.53 Å². The highest BCUT2D eigenvalue weighted by molar-refractivity contribution is 7.98. The Morgan fingerprint density at radius 1 is 1.18 bits per heavy atom. The molecule has 0 saturated carbocycles. The summed E-state index contributed by atoms with van der Waals surface area (Å²) in [6.07, 6.45) is 2.08. The molecule has 1 aromatic heterocycles. The molecule has 0 unspecified atom stereocenters. The molecule has 1 heterocycles. The Morgan fingerprint density at radius 3 is 2.50 bits per heavy atom. The van der Waals surface area contributed by atoms with Crippen molar-refractivity contribution >= 4 is 39.2 Å². The largest absolute Gasteiger partial charge is 0.497 e. The predicted molar refractivity (Wildman–Crippen MR) is 120 cm³/mol. The monoisotopic (exact) mass is 414 g/mol. The van der Waals surface area contributed by atoms with Gasteiger partial charge in [0.2, 0.25) is 0 Å². The minimum absolute atomic E-state index is 0.0596. The summed E-state index contributed by atoms with van der Waals surface area (Å²) in [5.74, 6) is 1.54. The molecule has 0 radical (unpaired) electrons. The lowest BCUT2D eigenvalue weighted by Gasteiger charge is -2.18. The van der Waals surface area contributed by atoms with Crippen LogP contribution < -0.4 is 9.54 Å². The molecule has 1 amide bonds. The number of fused-ring (bicyclic) bond motifs is 1. The van der Waals surface area contributed by atoms with Crippen LogP contribution in [0.2, 0.25) is 0 Å². The molecule has 3 rings (SSSR count). The average Bonchev–Trinajstić information content (AvgIpc) is 3.01. The van der Waals surface area contributed by atoms with Gasteiger partial charge in [-0.25, -0.2) is 0 Å². The molecule has 0 N–H and O–H groups in total. The van der Waals surface area contributed by atoms with E-state index in [2.05, 4.69) is 36.6 Å². The summed E-state index contributed by atoms with van der Waals surface area (Å²) in [6, 6.07) is 13.7. The van der Waals surface area contributed by atoms with Crippen LogP contribution >= 0.6 is 23.1 Å². The first-order valence-electron chi connectivity index (χ1n) is 9.19. The molecule has 0 spiro atoms. The molecule has 0 aliphatic heterocycles. The van der Waals surface area contributed by atoms with Crippen molar-refractivity contribution in [3.05, 3.63) is 58.4 Å². The lowest BCUT2D eigenvalue weighted by atomic mass is 9.87. The minimum Gasteiger partial charge on any atom is -0.497 e. The van der Waals surface area contributed by atoms with Crippen LogP contribution in [-0.2, 0) is 12.0 Å². The second-order valence-electron chi connectivity index (χ2n) is 7.61. The number of hydrogen-bond donors (Lipinski definition) is 0. The first-order chi connectivity index (χ1) is 13.3. The van der Waals surface area contributed by atoms with Crippen LogP contribution in [-0.4, -0.2) is 29.6 Å². The second kappa shape index (κ2) is 8.53. The van der Waals surface area contributed by atoms with Crippen molar-refractivity contribution in [1.82, 2.24) is 4.57 Å². The number of benzene rings is 2. The molecule has 0 fully saturated rings. The average molecular weight is 415 g/mol. The summed E-state index contributed by atoms with van der Waals surface area (Å²) in [5, 5.41) is 0. The minimum atomic E-state index is -0.211. The molecule has 0 bridgehead atoms. The number of thioether (sulfide) groups is 1. The van der Waals surface area contributed by atoms with Gasteiger partial charge in [0.05, 0.1) is 17.3 Å². The topological polar surface area (TPSA) is 43.6 Å². The fourth-order valence-electron chi connectivity index (χ4n) is 2.92. The molecule has 4 nitrogen and oxygen atoms in total. The van der Waals surface area contributed by atoms with E-state index in [1.54, 1.807) is 18.9 Å². The van der Waals surface area contributed by atoms with Gasteiger partial charge in [-0.3, -0.25) is 4.79 Å². The smallest absolute Gasteiger partial charge is 0.279 e. The van der Waals surface area contributed by atoms with E-state index in [0.717, 1.165) is 33.1 Å². The third-order valence-electron chi connectivity index (χ3n) is 4.60. The van der Waals surface area contributed by atoms with Crippen molar-refractivity contribution in [3.63, 3.8) is 0 Å². The lowest BCUT2D eigenvalue weighted by molar-refractivity contribution is 0.0998. The van der Waals surface area contributed by atoms with Gasteiger partial charge in [-0.1, -0.05) is 44.2 Å². The van der Waals surface area contributed by atoms with E-state index in [1.807, 2.05) is 42.5 Å². The molecule has 0 atom stereocenters. The van der Waals surface area contributed by atoms with Crippen LogP contribution in [0.5, 0.6) is 5.75 Å². The Hall–Kier alpha value is -2.05. The number of carbonyl (C=O) groups excluding carboxylic acids is 1. The molecule has 0 aliphatic rings. The van der Waals surface area contributed by atoms with Crippen LogP contribution in [0, 0.1) is 0 Å². The third kappa shape index (κ3) is 4.50. The van der Waals surface area contributed by atoms with Crippen molar-refractivity contribution in [3.8, 4) is 5.75 Å². The number of methoxy groups -OCH3 is 1. The Morgan fingerprint density at radius 2 is 1.89 bits per heavy atom. The number of aryl methyl sites for hydroxylation is 1. The summed E-state index contributed by atoms with van der Waals surface area (Å²) >= 11 is 3.31. The summed E-state index contributed by atoms with van der Waals surface area (Å²) in [5.41, 5.74) is 2.92. The quantitative estimate of drug-likeness (QED) is 0.582. The van der Waals surface area contributed by atoms with Gasteiger partial charge in [0, 0.05) is 23.9 Å². The van der Waals surface area contributed by atoms with Crippen LogP contribution in [0.1, 0.15) is 36.7 Å². The van der Waals surface area contributed by atoms with E-state index in [9.17, 15) is 4.79 Å². The zero-order chi connectivity index (χ0) is 20.3. The predicted octanol–water partition coefficient (Wildman–Crippen LogP) is 5.11. The fourth-order valence-corrected chi connectivity index (χ4v) is 4.32. The van der Waals surface area contributed by atoms with E-state index in [1.165, 1.54) is 16.9 Å². The number of rotatable bonds is 5. The molecule has 148 valence electrons. The fraction of sp³-hybridized carbons (Fsp3) is 0.364. The van der Waals surface area contributed by atoms with Crippen LogP contribution in [0.15, 0.2) is 47.5 Å². The molecule has 2 aromatic carbocycles. The zero-order valence-corrected chi connectivity index (χ0v) is 18.6. The SMILES string of the molecule is COc1ccc2sc(=NC(=O)c3ccc(C(C)(C)C)cc3)n(CCSC)c2c1. The molecule has 3 aromatic rings. The number of ether oxygens (including phenoxy) is 1. The molecule has 6 heteroatoms. The molecular weight excluding hydrogens is 388 g/mol. The number of thiazole rings is 1. The number of amides is 1.